The monoisotopic (exact) mass is 312 g/mol. The van der Waals surface area contributed by atoms with Crippen molar-refractivity contribution in [3.8, 4) is 0 Å². The highest BCUT2D eigenvalue weighted by molar-refractivity contribution is 5.76. The lowest BCUT2D eigenvalue weighted by molar-refractivity contribution is -0.121. The van der Waals surface area contributed by atoms with Gasteiger partial charge in [-0.15, -0.1) is 0 Å². The van der Waals surface area contributed by atoms with Crippen LogP contribution in [0.1, 0.15) is 36.1 Å². The number of aryl methyl sites for hydroxylation is 1. The average Bonchev–Trinajstić information content (AvgIpc) is 3.25. The van der Waals surface area contributed by atoms with E-state index >= 15 is 0 Å². The summed E-state index contributed by atoms with van der Waals surface area (Å²) in [6, 6.07) is 12.1. The Bertz CT molecular complexity index is 616. The van der Waals surface area contributed by atoms with Crippen molar-refractivity contribution in [3.63, 3.8) is 0 Å². The molecule has 1 aromatic carbocycles. The molecule has 1 fully saturated rings. The maximum atomic E-state index is 12.0. The Morgan fingerprint density at radius 3 is 2.61 bits per heavy atom. The van der Waals surface area contributed by atoms with Crippen molar-refractivity contribution in [1.29, 1.82) is 0 Å². The van der Waals surface area contributed by atoms with Crippen LogP contribution in [0, 0.1) is 0 Å². The fourth-order valence-electron chi connectivity index (χ4n) is 3.04. The quantitative estimate of drug-likeness (QED) is 0.854. The summed E-state index contributed by atoms with van der Waals surface area (Å²) in [5.41, 5.74) is 2.53. The molecule has 1 aliphatic rings. The third kappa shape index (κ3) is 4.70. The van der Waals surface area contributed by atoms with Gasteiger partial charge in [0.05, 0.1) is 6.26 Å². The molecule has 0 spiro atoms. The number of nitrogens with one attached hydrogen (secondary N) is 1. The fraction of sp³-hybridized carbons (Fsp3) is 0.421. The second-order valence-corrected chi connectivity index (χ2v) is 6.11. The van der Waals surface area contributed by atoms with Gasteiger partial charge in [0.2, 0.25) is 5.91 Å². The van der Waals surface area contributed by atoms with Crippen LogP contribution in [0.25, 0.3) is 0 Å². The summed E-state index contributed by atoms with van der Waals surface area (Å²) >= 11 is 0. The van der Waals surface area contributed by atoms with Crippen LogP contribution in [-0.2, 0) is 24.3 Å². The number of furan rings is 1. The van der Waals surface area contributed by atoms with Crippen molar-refractivity contribution >= 4 is 5.91 Å². The van der Waals surface area contributed by atoms with Crippen LogP contribution in [0.15, 0.2) is 47.1 Å². The molecular weight excluding hydrogens is 288 g/mol. The largest absolute Gasteiger partial charge is 0.469 e. The van der Waals surface area contributed by atoms with Gasteiger partial charge in [-0.2, -0.15) is 0 Å². The maximum absolute atomic E-state index is 12.0. The Morgan fingerprint density at radius 2 is 1.87 bits per heavy atom. The molecule has 0 unspecified atom stereocenters. The highest BCUT2D eigenvalue weighted by Gasteiger charge is 2.13. The highest BCUT2D eigenvalue weighted by atomic mass is 16.3. The van der Waals surface area contributed by atoms with Crippen LogP contribution in [0.4, 0.5) is 0 Å². The molecule has 1 N–H and O–H groups in total. The molecule has 4 nitrogen and oxygen atoms in total. The lowest BCUT2D eigenvalue weighted by Gasteiger charge is -2.17. The van der Waals surface area contributed by atoms with Crippen LogP contribution in [0.5, 0.6) is 0 Å². The van der Waals surface area contributed by atoms with E-state index in [-0.39, 0.29) is 5.91 Å². The molecule has 23 heavy (non-hydrogen) atoms. The van der Waals surface area contributed by atoms with E-state index in [2.05, 4.69) is 28.4 Å². The van der Waals surface area contributed by atoms with Gasteiger partial charge in [0.1, 0.15) is 5.76 Å². The molecular formula is C19H24N2O2. The Labute approximate surface area is 137 Å². The standard InChI is InChI=1S/C19H24N2O2/c22-19(10-9-18-8-5-13-23-18)20-14-16-6-1-2-7-17(16)15-21-11-3-4-12-21/h1-2,5-8,13H,3-4,9-12,14-15H2,(H,20,22). The van der Waals surface area contributed by atoms with Crippen molar-refractivity contribution in [1.82, 2.24) is 10.2 Å². The third-order valence-electron chi connectivity index (χ3n) is 4.37. The van der Waals surface area contributed by atoms with E-state index in [4.69, 9.17) is 4.42 Å². The summed E-state index contributed by atoms with van der Waals surface area (Å²) in [6.07, 6.45) is 5.34. The van der Waals surface area contributed by atoms with Crippen molar-refractivity contribution in [2.45, 2.75) is 38.8 Å². The van der Waals surface area contributed by atoms with Gasteiger partial charge in [-0.3, -0.25) is 9.69 Å². The minimum Gasteiger partial charge on any atom is -0.469 e. The Morgan fingerprint density at radius 1 is 1.09 bits per heavy atom. The minimum absolute atomic E-state index is 0.0670. The molecule has 2 aromatic rings. The van der Waals surface area contributed by atoms with Crippen LogP contribution < -0.4 is 5.32 Å². The molecule has 1 saturated heterocycles. The van der Waals surface area contributed by atoms with Gasteiger partial charge in [-0.25, -0.2) is 0 Å². The number of carbonyl (C=O) groups excluding carboxylic acids is 1. The van der Waals surface area contributed by atoms with E-state index in [1.165, 1.54) is 37.1 Å². The van der Waals surface area contributed by atoms with E-state index in [0.717, 1.165) is 12.3 Å². The zero-order valence-electron chi connectivity index (χ0n) is 13.5. The van der Waals surface area contributed by atoms with Gasteiger partial charge < -0.3 is 9.73 Å². The van der Waals surface area contributed by atoms with Gasteiger partial charge in [-0.05, 0) is 49.2 Å². The van der Waals surface area contributed by atoms with E-state index in [1.807, 2.05) is 18.2 Å². The normalized spacial score (nSPS) is 15.0. The summed E-state index contributed by atoms with van der Waals surface area (Å²) in [5.74, 6) is 0.923. The SMILES string of the molecule is O=C(CCc1ccco1)NCc1ccccc1CN1CCCC1. The molecule has 0 aliphatic carbocycles. The van der Waals surface area contributed by atoms with E-state index in [1.54, 1.807) is 6.26 Å². The lowest BCUT2D eigenvalue weighted by Crippen LogP contribution is -2.25. The number of nitrogens with zero attached hydrogens (tertiary/aromatic N) is 1. The molecule has 0 saturated carbocycles. The Balaban J connectivity index is 1.50. The summed E-state index contributed by atoms with van der Waals surface area (Å²) < 4.78 is 5.25. The van der Waals surface area contributed by atoms with Gasteiger partial charge in [-0.1, -0.05) is 24.3 Å². The zero-order valence-corrected chi connectivity index (χ0v) is 13.5. The first-order valence-corrected chi connectivity index (χ1v) is 8.39. The first kappa shape index (κ1) is 15.8. The second-order valence-electron chi connectivity index (χ2n) is 6.11. The molecule has 2 heterocycles. The van der Waals surface area contributed by atoms with Crippen LogP contribution in [-0.4, -0.2) is 23.9 Å². The minimum atomic E-state index is 0.0670. The highest BCUT2D eigenvalue weighted by Crippen LogP contribution is 2.16. The van der Waals surface area contributed by atoms with Gasteiger partial charge in [0, 0.05) is 25.9 Å². The zero-order chi connectivity index (χ0) is 15.9. The number of amides is 1. The van der Waals surface area contributed by atoms with Crippen molar-refractivity contribution < 1.29 is 9.21 Å². The first-order valence-electron chi connectivity index (χ1n) is 8.39. The molecule has 0 atom stereocenters. The van der Waals surface area contributed by atoms with Crippen molar-refractivity contribution in [2.75, 3.05) is 13.1 Å². The Hall–Kier alpha value is -2.07. The van der Waals surface area contributed by atoms with Crippen molar-refractivity contribution in [3.05, 3.63) is 59.5 Å². The van der Waals surface area contributed by atoms with Crippen molar-refractivity contribution in [2.24, 2.45) is 0 Å². The third-order valence-corrected chi connectivity index (χ3v) is 4.37. The van der Waals surface area contributed by atoms with E-state index in [9.17, 15) is 4.79 Å². The smallest absolute Gasteiger partial charge is 0.220 e. The summed E-state index contributed by atoms with van der Waals surface area (Å²) in [4.78, 5) is 14.5. The van der Waals surface area contributed by atoms with Crippen LogP contribution in [0.3, 0.4) is 0 Å². The topological polar surface area (TPSA) is 45.5 Å². The molecule has 1 aromatic heterocycles. The average molecular weight is 312 g/mol. The van der Waals surface area contributed by atoms with Gasteiger partial charge in [0.25, 0.3) is 0 Å². The maximum Gasteiger partial charge on any atom is 0.220 e. The van der Waals surface area contributed by atoms with Gasteiger partial charge >= 0.3 is 0 Å². The van der Waals surface area contributed by atoms with E-state index < -0.39 is 0 Å². The molecule has 3 rings (SSSR count). The molecule has 4 heteroatoms. The molecule has 122 valence electrons. The summed E-state index contributed by atoms with van der Waals surface area (Å²) in [5, 5.41) is 3.03. The number of carbonyl (C=O) groups is 1. The number of hydrogen-bond acceptors (Lipinski definition) is 3. The predicted molar refractivity (Wildman–Crippen MR) is 89.8 cm³/mol. The molecule has 1 aliphatic heterocycles. The Kier molecular flexibility index (Phi) is 5.48. The molecule has 0 radical (unpaired) electrons. The summed E-state index contributed by atoms with van der Waals surface area (Å²) in [6.45, 7) is 3.95. The molecule has 0 bridgehead atoms. The van der Waals surface area contributed by atoms with Crippen LogP contribution in [0.2, 0.25) is 0 Å². The van der Waals surface area contributed by atoms with Crippen LogP contribution >= 0.6 is 0 Å². The number of rotatable bonds is 7. The summed E-state index contributed by atoms with van der Waals surface area (Å²) in [7, 11) is 0. The number of benzene rings is 1. The second kappa shape index (κ2) is 7.97. The predicted octanol–water partition coefficient (Wildman–Crippen LogP) is 3.12. The number of likely N-dealkylation sites (tertiary alicyclic amines) is 1. The van der Waals surface area contributed by atoms with Gasteiger partial charge in [0.15, 0.2) is 0 Å². The lowest BCUT2D eigenvalue weighted by atomic mass is 10.1. The van der Waals surface area contributed by atoms with E-state index in [0.29, 0.717) is 19.4 Å². The number of hydrogen-bond donors (Lipinski definition) is 1. The fourth-order valence-corrected chi connectivity index (χ4v) is 3.04. The molecule has 1 amide bonds. The first-order chi connectivity index (χ1) is 11.3.